The lowest BCUT2D eigenvalue weighted by Crippen LogP contribution is -2.26. The first-order chi connectivity index (χ1) is 14.4. The number of methoxy groups -OCH3 is 1. The number of hydrogen-bond donors (Lipinski definition) is 0. The fourth-order valence-corrected chi connectivity index (χ4v) is 4.28. The van der Waals surface area contributed by atoms with E-state index in [4.69, 9.17) is 25.3 Å². The molecule has 4 rings (SSSR count). The Morgan fingerprint density at radius 1 is 1.23 bits per heavy atom. The highest BCUT2D eigenvalue weighted by Crippen LogP contribution is 2.28. The second-order valence-corrected chi connectivity index (χ2v) is 8.47. The lowest BCUT2D eigenvalue weighted by molar-refractivity contribution is 0.104. The maximum atomic E-state index is 12.6. The van der Waals surface area contributed by atoms with Gasteiger partial charge in [0.2, 0.25) is 0 Å². The first kappa shape index (κ1) is 20.4. The molecule has 1 aromatic heterocycles. The molecule has 1 saturated heterocycles. The van der Waals surface area contributed by atoms with Gasteiger partial charge in [-0.2, -0.15) is 8.42 Å². The second-order valence-electron chi connectivity index (χ2n) is 6.48. The van der Waals surface area contributed by atoms with Crippen LogP contribution in [0.1, 0.15) is 5.56 Å². The molecule has 0 N–H and O–H groups in total. The molecule has 0 spiro atoms. The van der Waals surface area contributed by atoms with Crippen molar-refractivity contribution in [3.8, 4) is 5.75 Å². The van der Waals surface area contributed by atoms with Gasteiger partial charge in [-0.25, -0.2) is 9.42 Å². The Morgan fingerprint density at radius 2 is 2.03 bits per heavy atom. The normalized spacial score (nSPS) is 16.8. The maximum absolute atomic E-state index is 12.6. The second kappa shape index (κ2) is 8.09. The van der Waals surface area contributed by atoms with Crippen LogP contribution in [0, 0.1) is 0 Å². The van der Waals surface area contributed by atoms with E-state index in [2.05, 4.69) is 14.9 Å². The minimum atomic E-state index is -4.21. The molecule has 3 aromatic rings. The van der Waals surface area contributed by atoms with Crippen LogP contribution in [0.4, 0.5) is 4.79 Å². The fraction of sp³-hybridized carbons (Fsp3) is 0.278. The lowest BCUT2D eigenvalue weighted by Gasteiger charge is -2.13. The molecule has 0 aliphatic carbocycles. The quantitative estimate of drug-likeness (QED) is 0.497. The summed E-state index contributed by atoms with van der Waals surface area (Å²) < 4.78 is 45.3. The first-order valence-electron chi connectivity index (χ1n) is 8.76. The largest absolute Gasteiger partial charge is 0.497 e. The fourth-order valence-electron chi connectivity index (χ4n) is 3.03. The van der Waals surface area contributed by atoms with E-state index in [-0.39, 0.29) is 34.1 Å². The van der Waals surface area contributed by atoms with Crippen LogP contribution in [0.25, 0.3) is 11.0 Å². The molecule has 1 fully saturated rings. The van der Waals surface area contributed by atoms with Crippen molar-refractivity contribution in [1.29, 1.82) is 0 Å². The topological polar surface area (TPSA) is 121 Å². The highest BCUT2D eigenvalue weighted by atomic mass is 35.5. The van der Waals surface area contributed by atoms with E-state index < -0.39 is 22.3 Å². The van der Waals surface area contributed by atoms with Gasteiger partial charge < -0.3 is 14.4 Å². The van der Waals surface area contributed by atoms with E-state index in [9.17, 15) is 13.2 Å². The number of carbonyl (C=O) groups is 1. The van der Waals surface area contributed by atoms with E-state index in [1.807, 2.05) is 12.1 Å². The Kier molecular flexibility index (Phi) is 5.50. The number of ether oxygens (including phenoxy) is 2. The van der Waals surface area contributed by atoms with Gasteiger partial charge in [0.1, 0.15) is 23.4 Å². The molecule has 30 heavy (non-hydrogen) atoms. The number of amides is 1. The Hall–Kier alpha value is -2.89. The summed E-state index contributed by atoms with van der Waals surface area (Å²) >= 11 is 5.95. The SMILES string of the molecule is COc1cccc(CN2CC(COS(=O)(=O)c3ccc(Cl)c4nonc34)OC2=O)c1. The van der Waals surface area contributed by atoms with Crippen molar-refractivity contribution in [2.45, 2.75) is 17.5 Å². The van der Waals surface area contributed by atoms with Crippen molar-refractivity contribution in [3.63, 3.8) is 0 Å². The summed E-state index contributed by atoms with van der Waals surface area (Å²) in [7, 11) is -2.66. The Balaban J connectivity index is 1.42. The molecule has 0 saturated carbocycles. The van der Waals surface area contributed by atoms with Crippen LogP contribution in [0.3, 0.4) is 0 Å². The van der Waals surface area contributed by atoms with Gasteiger partial charge in [-0.1, -0.05) is 23.7 Å². The van der Waals surface area contributed by atoms with Crippen molar-refractivity contribution in [2.75, 3.05) is 20.3 Å². The number of aromatic nitrogens is 2. The van der Waals surface area contributed by atoms with Gasteiger partial charge in [0.05, 0.1) is 18.7 Å². The molecule has 1 atom stereocenters. The standard InChI is InChI=1S/C18H16ClN3O7S/c1-26-12-4-2-3-11(7-12)8-22-9-13(28-18(22)23)10-27-30(24,25)15-6-5-14(19)16-17(15)21-29-20-16/h2-7,13H,8-10H2,1H3. The Labute approximate surface area is 176 Å². The van der Waals surface area contributed by atoms with Gasteiger partial charge in [0.25, 0.3) is 10.1 Å². The van der Waals surface area contributed by atoms with E-state index >= 15 is 0 Å². The molecule has 0 radical (unpaired) electrons. The third kappa shape index (κ3) is 4.04. The van der Waals surface area contributed by atoms with Gasteiger partial charge in [-0.15, -0.1) is 0 Å². The van der Waals surface area contributed by atoms with Crippen molar-refractivity contribution < 1.29 is 31.5 Å². The molecule has 2 heterocycles. The third-order valence-electron chi connectivity index (χ3n) is 4.46. The minimum absolute atomic E-state index is 0.0365. The Bertz CT molecular complexity index is 1200. The van der Waals surface area contributed by atoms with Crippen LogP contribution in [0.15, 0.2) is 45.9 Å². The average molecular weight is 454 g/mol. The summed E-state index contributed by atoms with van der Waals surface area (Å²) in [6, 6.07) is 9.87. The van der Waals surface area contributed by atoms with Crippen LogP contribution in [-0.2, 0) is 25.6 Å². The molecule has 1 unspecified atom stereocenters. The first-order valence-corrected chi connectivity index (χ1v) is 10.5. The van der Waals surface area contributed by atoms with Gasteiger partial charge in [-0.05, 0) is 40.1 Å². The van der Waals surface area contributed by atoms with Crippen LogP contribution in [-0.4, -0.2) is 56.1 Å². The van der Waals surface area contributed by atoms with E-state index in [0.29, 0.717) is 12.3 Å². The third-order valence-corrected chi connectivity index (χ3v) is 6.08. The molecule has 1 amide bonds. The number of hydrogen-bond acceptors (Lipinski definition) is 9. The average Bonchev–Trinajstić information content (AvgIpc) is 3.34. The molecule has 1 aliphatic rings. The van der Waals surface area contributed by atoms with E-state index in [1.54, 1.807) is 19.2 Å². The van der Waals surface area contributed by atoms with Gasteiger partial charge in [0, 0.05) is 6.54 Å². The van der Waals surface area contributed by atoms with Crippen molar-refractivity contribution in [2.24, 2.45) is 0 Å². The van der Waals surface area contributed by atoms with Crippen molar-refractivity contribution in [1.82, 2.24) is 15.2 Å². The predicted molar refractivity (Wildman–Crippen MR) is 104 cm³/mol. The van der Waals surface area contributed by atoms with Gasteiger partial charge >= 0.3 is 6.09 Å². The number of carbonyl (C=O) groups excluding carboxylic acids is 1. The number of benzene rings is 2. The number of nitrogens with zero attached hydrogens (tertiary/aromatic N) is 3. The molecular formula is C18H16ClN3O7S. The summed E-state index contributed by atoms with van der Waals surface area (Å²) in [5.74, 6) is 0.669. The van der Waals surface area contributed by atoms with Crippen molar-refractivity contribution in [3.05, 3.63) is 47.0 Å². The predicted octanol–water partition coefficient (Wildman–Crippen LogP) is 2.61. The Morgan fingerprint density at radius 3 is 2.83 bits per heavy atom. The summed E-state index contributed by atoms with van der Waals surface area (Å²) in [4.78, 5) is 13.4. The monoisotopic (exact) mass is 453 g/mol. The zero-order valence-electron chi connectivity index (χ0n) is 15.6. The van der Waals surface area contributed by atoms with E-state index in [0.717, 1.165) is 5.56 Å². The summed E-state index contributed by atoms with van der Waals surface area (Å²) in [6.07, 6.45) is -1.31. The number of cyclic esters (lactones) is 1. The molecule has 2 aromatic carbocycles. The van der Waals surface area contributed by atoms with Crippen molar-refractivity contribution >= 4 is 38.8 Å². The molecule has 12 heteroatoms. The van der Waals surface area contributed by atoms with E-state index in [1.165, 1.54) is 17.0 Å². The highest BCUT2D eigenvalue weighted by Gasteiger charge is 2.33. The van der Waals surface area contributed by atoms with Gasteiger partial charge in [0.15, 0.2) is 11.0 Å². The van der Waals surface area contributed by atoms with Crippen LogP contribution >= 0.6 is 11.6 Å². The summed E-state index contributed by atoms with van der Waals surface area (Å²) in [5.41, 5.74) is 0.922. The minimum Gasteiger partial charge on any atom is -0.497 e. The smallest absolute Gasteiger partial charge is 0.410 e. The number of halogens is 1. The summed E-state index contributed by atoms with van der Waals surface area (Å²) in [5, 5.41) is 7.35. The zero-order valence-corrected chi connectivity index (χ0v) is 17.2. The summed E-state index contributed by atoms with van der Waals surface area (Å²) in [6.45, 7) is 0.118. The molecule has 10 nitrogen and oxygen atoms in total. The van der Waals surface area contributed by atoms with Crippen LogP contribution in [0.2, 0.25) is 5.02 Å². The zero-order chi connectivity index (χ0) is 21.3. The molecule has 158 valence electrons. The lowest BCUT2D eigenvalue weighted by atomic mass is 10.2. The van der Waals surface area contributed by atoms with Crippen LogP contribution in [0.5, 0.6) is 5.75 Å². The molecule has 0 bridgehead atoms. The molecule has 1 aliphatic heterocycles. The highest BCUT2D eigenvalue weighted by molar-refractivity contribution is 7.87. The molecular weight excluding hydrogens is 438 g/mol. The maximum Gasteiger partial charge on any atom is 0.410 e. The van der Waals surface area contributed by atoms with Crippen LogP contribution < -0.4 is 4.74 Å². The van der Waals surface area contributed by atoms with Gasteiger partial charge in [-0.3, -0.25) is 4.18 Å². The number of fused-ring (bicyclic) bond motifs is 1. The number of rotatable bonds is 7.